The Morgan fingerprint density at radius 1 is 1.10 bits per heavy atom. The summed E-state index contributed by atoms with van der Waals surface area (Å²) in [7, 11) is 0. The molecule has 3 heterocycles. The molecule has 0 radical (unpaired) electrons. The van der Waals surface area contributed by atoms with E-state index in [0.29, 0.717) is 22.6 Å². The zero-order valence-electron chi connectivity index (χ0n) is 18.2. The fourth-order valence-corrected chi connectivity index (χ4v) is 4.61. The summed E-state index contributed by atoms with van der Waals surface area (Å²) in [6.07, 6.45) is 3.00. The molecule has 4 rings (SSSR count). The van der Waals surface area contributed by atoms with E-state index in [-0.39, 0.29) is 5.91 Å². The van der Waals surface area contributed by atoms with Crippen LogP contribution in [0.1, 0.15) is 47.8 Å². The molecule has 0 saturated carbocycles. The number of fused-ring (bicyclic) bond motifs is 1. The lowest BCUT2D eigenvalue weighted by Gasteiger charge is -2.30. The van der Waals surface area contributed by atoms with Crippen LogP contribution in [0, 0.1) is 26.7 Å². The number of carbonyl (C=O) groups excluding carboxylic acids is 1. The Morgan fingerprint density at radius 2 is 1.80 bits per heavy atom. The maximum absolute atomic E-state index is 12.5. The molecule has 1 fully saturated rings. The van der Waals surface area contributed by atoms with E-state index < -0.39 is 0 Å². The number of carbonyl (C=O) groups is 1. The van der Waals surface area contributed by atoms with Gasteiger partial charge in [-0.2, -0.15) is 4.98 Å². The summed E-state index contributed by atoms with van der Waals surface area (Å²) in [5.74, 6) is 1.86. The lowest BCUT2D eigenvalue weighted by atomic mass is 9.99. The van der Waals surface area contributed by atoms with Gasteiger partial charge in [-0.05, 0) is 50.7 Å². The molecule has 1 amide bonds. The quantitative estimate of drug-likeness (QED) is 0.581. The van der Waals surface area contributed by atoms with Crippen molar-refractivity contribution in [2.24, 2.45) is 5.92 Å². The molecule has 0 spiro atoms. The third kappa shape index (κ3) is 4.51. The topological polar surface area (TPSA) is 63.4 Å². The van der Waals surface area contributed by atoms with Gasteiger partial charge in [-0.15, -0.1) is 5.10 Å². The second-order valence-corrected chi connectivity index (χ2v) is 9.32. The largest absolute Gasteiger partial charge is 0.342 e. The van der Waals surface area contributed by atoms with Crippen LogP contribution in [0.3, 0.4) is 0 Å². The molecule has 7 heteroatoms. The van der Waals surface area contributed by atoms with Crippen molar-refractivity contribution in [1.29, 1.82) is 0 Å². The average Bonchev–Trinajstić information content (AvgIpc) is 3.14. The molecule has 6 nitrogen and oxygen atoms in total. The van der Waals surface area contributed by atoms with Crippen molar-refractivity contribution in [2.75, 3.05) is 18.8 Å². The Bertz CT molecular complexity index is 1050. The monoisotopic (exact) mass is 423 g/mol. The minimum absolute atomic E-state index is 0.173. The number of benzene rings is 1. The molecule has 1 saturated heterocycles. The number of piperidine rings is 1. The highest BCUT2D eigenvalue weighted by molar-refractivity contribution is 7.99. The molecular weight excluding hydrogens is 394 g/mol. The van der Waals surface area contributed by atoms with Gasteiger partial charge in [0.2, 0.25) is 11.1 Å². The van der Waals surface area contributed by atoms with Gasteiger partial charge < -0.3 is 4.90 Å². The van der Waals surface area contributed by atoms with E-state index in [4.69, 9.17) is 0 Å². The number of aromatic nitrogens is 4. The summed E-state index contributed by atoms with van der Waals surface area (Å²) in [5.41, 5.74) is 5.71. The van der Waals surface area contributed by atoms with Gasteiger partial charge in [-0.1, -0.05) is 48.5 Å². The summed E-state index contributed by atoms with van der Waals surface area (Å²) in [5, 5.41) is 5.24. The molecule has 158 valence electrons. The highest BCUT2D eigenvalue weighted by Crippen LogP contribution is 2.22. The standard InChI is InChI=1S/C23H29N5OS/c1-15-5-7-19(8-6-15)13-20-17(3)24-22-25-23(26-28(22)18(20)4)30-14-21(29)27-11-9-16(2)10-12-27/h5-8,16H,9-14H2,1-4H3. The van der Waals surface area contributed by atoms with E-state index in [0.717, 1.165) is 43.7 Å². The van der Waals surface area contributed by atoms with Gasteiger partial charge >= 0.3 is 0 Å². The van der Waals surface area contributed by atoms with E-state index >= 15 is 0 Å². The number of rotatable bonds is 5. The Kier molecular flexibility index (Phi) is 6.09. The van der Waals surface area contributed by atoms with E-state index in [1.165, 1.54) is 28.5 Å². The minimum atomic E-state index is 0.173. The molecular formula is C23H29N5OS. The Hall–Kier alpha value is -2.41. The number of amides is 1. The number of thioether (sulfide) groups is 1. The SMILES string of the molecule is Cc1ccc(Cc2c(C)nc3nc(SCC(=O)N4CCC(C)CC4)nn3c2C)cc1. The van der Waals surface area contributed by atoms with Crippen molar-refractivity contribution in [3.63, 3.8) is 0 Å². The van der Waals surface area contributed by atoms with Crippen molar-refractivity contribution in [3.05, 3.63) is 52.3 Å². The van der Waals surface area contributed by atoms with Gasteiger partial charge in [0, 0.05) is 30.9 Å². The molecule has 0 atom stereocenters. The van der Waals surface area contributed by atoms with Gasteiger partial charge in [0.1, 0.15) is 0 Å². The maximum atomic E-state index is 12.5. The first-order valence-electron chi connectivity index (χ1n) is 10.6. The van der Waals surface area contributed by atoms with Crippen LogP contribution < -0.4 is 0 Å². The molecule has 30 heavy (non-hydrogen) atoms. The van der Waals surface area contributed by atoms with Gasteiger partial charge in [-0.3, -0.25) is 4.79 Å². The Morgan fingerprint density at radius 3 is 2.50 bits per heavy atom. The molecule has 2 aromatic heterocycles. The van der Waals surface area contributed by atoms with Crippen LogP contribution in [0.4, 0.5) is 0 Å². The molecule has 0 aliphatic carbocycles. The van der Waals surface area contributed by atoms with Crippen LogP contribution >= 0.6 is 11.8 Å². The fraction of sp³-hybridized carbons (Fsp3) is 0.478. The van der Waals surface area contributed by atoms with Gasteiger partial charge in [0.05, 0.1) is 5.75 Å². The first-order valence-corrected chi connectivity index (χ1v) is 11.6. The summed E-state index contributed by atoms with van der Waals surface area (Å²) >= 11 is 1.40. The summed E-state index contributed by atoms with van der Waals surface area (Å²) in [4.78, 5) is 23.7. The zero-order valence-corrected chi connectivity index (χ0v) is 19.0. The normalized spacial score (nSPS) is 15.1. The fourth-order valence-electron chi connectivity index (χ4n) is 3.89. The van der Waals surface area contributed by atoms with Crippen molar-refractivity contribution in [3.8, 4) is 0 Å². The minimum Gasteiger partial charge on any atom is -0.342 e. The van der Waals surface area contributed by atoms with Crippen molar-refractivity contribution in [1.82, 2.24) is 24.5 Å². The lowest BCUT2D eigenvalue weighted by molar-refractivity contribution is -0.129. The van der Waals surface area contributed by atoms with Crippen LogP contribution in [0.15, 0.2) is 29.4 Å². The van der Waals surface area contributed by atoms with Gasteiger partial charge in [-0.25, -0.2) is 9.50 Å². The van der Waals surface area contributed by atoms with E-state index in [2.05, 4.69) is 60.1 Å². The molecule has 0 N–H and O–H groups in total. The van der Waals surface area contributed by atoms with Crippen LogP contribution in [0.2, 0.25) is 0 Å². The van der Waals surface area contributed by atoms with Gasteiger partial charge in [0.25, 0.3) is 5.78 Å². The molecule has 0 bridgehead atoms. The molecule has 1 aromatic carbocycles. The third-order valence-electron chi connectivity index (χ3n) is 5.99. The molecule has 3 aromatic rings. The first-order chi connectivity index (χ1) is 14.4. The van der Waals surface area contributed by atoms with Crippen molar-refractivity contribution in [2.45, 2.75) is 52.1 Å². The van der Waals surface area contributed by atoms with E-state index in [1.54, 1.807) is 0 Å². The second-order valence-electron chi connectivity index (χ2n) is 8.38. The highest BCUT2D eigenvalue weighted by atomic mass is 32.2. The maximum Gasteiger partial charge on any atom is 0.253 e. The number of hydrogen-bond acceptors (Lipinski definition) is 5. The van der Waals surface area contributed by atoms with Crippen molar-refractivity contribution < 1.29 is 4.79 Å². The lowest BCUT2D eigenvalue weighted by Crippen LogP contribution is -2.38. The smallest absolute Gasteiger partial charge is 0.253 e. The molecule has 1 aliphatic rings. The molecule has 0 unspecified atom stereocenters. The van der Waals surface area contributed by atoms with Crippen LogP contribution in [0.5, 0.6) is 0 Å². The Balaban J connectivity index is 1.49. The van der Waals surface area contributed by atoms with Gasteiger partial charge in [0.15, 0.2) is 0 Å². The predicted molar refractivity (Wildman–Crippen MR) is 120 cm³/mol. The van der Waals surface area contributed by atoms with Crippen LogP contribution in [0.25, 0.3) is 5.78 Å². The predicted octanol–water partition coefficient (Wildman–Crippen LogP) is 3.99. The zero-order chi connectivity index (χ0) is 21.3. The van der Waals surface area contributed by atoms with Crippen molar-refractivity contribution >= 4 is 23.4 Å². The first kappa shape index (κ1) is 20.8. The number of likely N-dealkylation sites (tertiary alicyclic amines) is 1. The second kappa shape index (κ2) is 8.76. The number of aryl methyl sites for hydroxylation is 3. The number of nitrogens with zero attached hydrogens (tertiary/aromatic N) is 5. The average molecular weight is 424 g/mol. The Labute approximate surface area is 182 Å². The number of hydrogen-bond donors (Lipinski definition) is 0. The summed E-state index contributed by atoms with van der Waals surface area (Å²) in [6.45, 7) is 10.2. The summed E-state index contributed by atoms with van der Waals surface area (Å²) < 4.78 is 1.81. The third-order valence-corrected chi connectivity index (χ3v) is 6.81. The highest BCUT2D eigenvalue weighted by Gasteiger charge is 2.21. The van der Waals surface area contributed by atoms with E-state index in [9.17, 15) is 4.79 Å². The summed E-state index contributed by atoms with van der Waals surface area (Å²) in [6, 6.07) is 8.59. The van der Waals surface area contributed by atoms with Crippen LogP contribution in [-0.4, -0.2) is 49.2 Å². The van der Waals surface area contributed by atoms with E-state index in [1.807, 2.05) is 16.3 Å². The van der Waals surface area contributed by atoms with Crippen LogP contribution in [-0.2, 0) is 11.2 Å². The molecule has 1 aliphatic heterocycles.